The quantitative estimate of drug-likeness (QED) is 0.477. The van der Waals surface area contributed by atoms with Crippen molar-refractivity contribution in [2.24, 2.45) is 0 Å². The van der Waals surface area contributed by atoms with Crippen LogP contribution in [0.4, 0.5) is 27.6 Å². The maximum Gasteiger partial charge on any atom is 0.416 e. The van der Waals surface area contributed by atoms with Crippen LogP contribution in [0.3, 0.4) is 0 Å². The molecular formula is C21H16F5NO6. The van der Waals surface area contributed by atoms with Gasteiger partial charge in [0.05, 0.1) is 32.0 Å². The molecule has 1 heterocycles. The van der Waals surface area contributed by atoms with Gasteiger partial charge in [-0.15, -0.1) is 0 Å². The number of alkyl halides is 3. The molecule has 1 aliphatic heterocycles. The van der Waals surface area contributed by atoms with E-state index >= 15 is 0 Å². The summed E-state index contributed by atoms with van der Waals surface area (Å²) in [5.41, 5.74) is -1.62. The molecule has 12 heteroatoms. The molecule has 0 radical (unpaired) electrons. The minimum atomic E-state index is -4.94. The molecule has 0 amide bonds. The minimum absolute atomic E-state index is 0.113. The van der Waals surface area contributed by atoms with Crippen molar-refractivity contribution in [3.05, 3.63) is 64.9 Å². The maximum atomic E-state index is 14.2. The largest absolute Gasteiger partial charge is 0.466 e. The Hall–Kier alpha value is -3.67. The van der Waals surface area contributed by atoms with Gasteiger partial charge in [0.1, 0.15) is 18.2 Å². The van der Waals surface area contributed by atoms with Crippen molar-refractivity contribution < 1.29 is 50.5 Å². The van der Waals surface area contributed by atoms with Crippen molar-refractivity contribution >= 4 is 17.6 Å². The number of hydrogen-bond acceptors (Lipinski definition) is 7. The van der Waals surface area contributed by atoms with Gasteiger partial charge in [-0.2, -0.15) is 13.2 Å². The lowest BCUT2D eigenvalue weighted by molar-refractivity contribution is -0.140. The highest BCUT2D eigenvalue weighted by Gasteiger charge is 2.34. The third kappa shape index (κ3) is 5.06. The molecule has 0 fully saturated rings. The highest BCUT2D eigenvalue weighted by molar-refractivity contribution is 6.03. The van der Waals surface area contributed by atoms with Crippen LogP contribution in [0.15, 0.2) is 47.7 Å². The molecule has 176 valence electrons. The van der Waals surface area contributed by atoms with E-state index in [2.05, 4.69) is 4.74 Å². The molecule has 0 bridgehead atoms. The molecule has 33 heavy (non-hydrogen) atoms. The van der Waals surface area contributed by atoms with Crippen LogP contribution < -0.4 is 9.64 Å². The van der Waals surface area contributed by atoms with Crippen LogP contribution in [0, 0.1) is 11.6 Å². The average molecular weight is 473 g/mol. The fourth-order valence-corrected chi connectivity index (χ4v) is 3.00. The monoisotopic (exact) mass is 473 g/mol. The fourth-order valence-electron chi connectivity index (χ4n) is 3.00. The van der Waals surface area contributed by atoms with Gasteiger partial charge >= 0.3 is 18.1 Å². The molecule has 0 spiro atoms. The first-order chi connectivity index (χ1) is 15.6. The van der Waals surface area contributed by atoms with E-state index in [9.17, 15) is 31.5 Å². The average Bonchev–Trinajstić information content (AvgIpc) is 2.79. The summed E-state index contributed by atoms with van der Waals surface area (Å²) in [6, 6.07) is 5.62. The Bertz CT molecular complexity index is 1090. The molecule has 7 nitrogen and oxygen atoms in total. The molecule has 1 aliphatic rings. The number of esters is 2. The minimum Gasteiger partial charge on any atom is -0.466 e. The highest BCUT2D eigenvalue weighted by atomic mass is 19.4. The van der Waals surface area contributed by atoms with Crippen LogP contribution >= 0.6 is 0 Å². The van der Waals surface area contributed by atoms with E-state index < -0.39 is 41.1 Å². The van der Waals surface area contributed by atoms with Gasteiger partial charge in [0.15, 0.2) is 17.4 Å². The lowest BCUT2D eigenvalue weighted by Gasteiger charge is -2.31. The summed E-state index contributed by atoms with van der Waals surface area (Å²) in [5, 5.41) is 0. The first-order valence-electron chi connectivity index (χ1n) is 9.16. The molecule has 2 aromatic carbocycles. The van der Waals surface area contributed by atoms with Crippen LogP contribution in [0.1, 0.15) is 5.56 Å². The zero-order valence-electron chi connectivity index (χ0n) is 17.2. The van der Waals surface area contributed by atoms with Crippen LogP contribution in [-0.2, 0) is 30.0 Å². The molecule has 0 N–H and O–H groups in total. The Morgan fingerprint density at radius 3 is 2.21 bits per heavy atom. The number of methoxy groups -OCH3 is 2. The van der Waals surface area contributed by atoms with E-state index in [0.717, 1.165) is 14.2 Å². The molecule has 0 unspecified atom stereocenters. The Morgan fingerprint density at radius 2 is 1.64 bits per heavy atom. The number of anilines is 1. The van der Waals surface area contributed by atoms with Crippen molar-refractivity contribution in [2.75, 3.05) is 32.5 Å². The lowest BCUT2D eigenvalue weighted by Crippen LogP contribution is -2.38. The van der Waals surface area contributed by atoms with E-state index in [0.29, 0.717) is 0 Å². The van der Waals surface area contributed by atoms with Gasteiger partial charge in [0, 0.05) is 11.8 Å². The first-order valence-corrected chi connectivity index (χ1v) is 9.16. The SMILES string of the molecule is COC(=O)C1=C(C(=O)OC)N(c2cccc(Oc3c(F)cc(C(F)(F)F)cc3F)c2)COC1. The van der Waals surface area contributed by atoms with Gasteiger partial charge in [-0.25, -0.2) is 18.4 Å². The highest BCUT2D eigenvalue weighted by Crippen LogP contribution is 2.36. The standard InChI is InChI=1S/C21H16F5NO6/c1-30-19(28)14-9-32-10-27(17(14)20(29)31-2)12-4-3-5-13(8-12)33-18-15(22)6-11(7-16(18)23)21(24,25)26/h3-8H,9-10H2,1-2H3. The number of hydrogen-bond donors (Lipinski definition) is 0. The normalized spacial score (nSPS) is 14.2. The second-order valence-corrected chi connectivity index (χ2v) is 6.58. The predicted molar refractivity (Wildman–Crippen MR) is 102 cm³/mol. The summed E-state index contributed by atoms with van der Waals surface area (Å²) in [5.74, 6) is -6.03. The summed E-state index contributed by atoms with van der Waals surface area (Å²) < 4.78 is 86.4. The maximum absolute atomic E-state index is 14.2. The van der Waals surface area contributed by atoms with Crippen molar-refractivity contribution in [2.45, 2.75) is 6.18 Å². The number of benzene rings is 2. The molecule has 0 saturated heterocycles. The second kappa shape index (κ2) is 9.45. The number of halogens is 5. The molecule has 0 aliphatic carbocycles. The Kier molecular flexibility index (Phi) is 6.86. The summed E-state index contributed by atoms with van der Waals surface area (Å²) >= 11 is 0. The van der Waals surface area contributed by atoms with E-state index in [1.807, 2.05) is 0 Å². The fraction of sp³-hybridized carbons (Fsp3) is 0.238. The topological polar surface area (TPSA) is 74.3 Å². The van der Waals surface area contributed by atoms with Crippen molar-refractivity contribution in [1.82, 2.24) is 0 Å². The van der Waals surface area contributed by atoms with Crippen molar-refractivity contribution in [3.63, 3.8) is 0 Å². The number of nitrogens with zero attached hydrogens (tertiary/aromatic N) is 1. The number of carbonyl (C=O) groups excluding carboxylic acids is 2. The third-order valence-electron chi connectivity index (χ3n) is 4.51. The van der Waals surface area contributed by atoms with Crippen LogP contribution in [0.25, 0.3) is 0 Å². The third-order valence-corrected chi connectivity index (χ3v) is 4.51. The van der Waals surface area contributed by atoms with Crippen LogP contribution in [-0.4, -0.2) is 39.5 Å². The number of ether oxygens (including phenoxy) is 4. The lowest BCUT2D eigenvalue weighted by atomic mass is 10.1. The smallest absolute Gasteiger partial charge is 0.416 e. The zero-order chi connectivity index (χ0) is 24.3. The van der Waals surface area contributed by atoms with Gasteiger partial charge in [-0.05, 0) is 24.3 Å². The summed E-state index contributed by atoms with van der Waals surface area (Å²) in [6.07, 6.45) is -4.94. The first kappa shape index (κ1) is 24.0. The number of carbonyl (C=O) groups is 2. The van der Waals surface area contributed by atoms with E-state index in [-0.39, 0.29) is 48.2 Å². The van der Waals surface area contributed by atoms with Crippen molar-refractivity contribution in [3.8, 4) is 11.5 Å². The molecular weight excluding hydrogens is 457 g/mol. The van der Waals surface area contributed by atoms with Crippen LogP contribution in [0.2, 0.25) is 0 Å². The Morgan fingerprint density at radius 1 is 1.00 bits per heavy atom. The molecule has 2 aromatic rings. The van der Waals surface area contributed by atoms with Crippen molar-refractivity contribution in [1.29, 1.82) is 0 Å². The van der Waals surface area contributed by atoms with Gasteiger partial charge in [0.2, 0.25) is 0 Å². The van der Waals surface area contributed by atoms with Gasteiger partial charge in [-0.3, -0.25) is 0 Å². The van der Waals surface area contributed by atoms with Crippen LogP contribution in [0.5, 0.6) is 11.5 Å². The summed E-state index contributed by atoms with van der Waals surface area (Å²) in [4.78, 5) is 25.7. The van der Waals surface area contributed by atoms with E-state index in [4.69, 9.17) is 14.2 Å². The Balaban J connectivity index is 1.99. The van der Waals surface area contributed by atoms with Gasteiger partial charge in [-0.1, -0.05) is 6.07 Å². The molecule has 0 saturated carbocycles. The second-order valence-electron chi connectivity index (χ2n) is 6.58. The molecule has 3 rings (SSSR count). The van der Waals surface area contributed by atoms with Gasteiger partial charge < -0.3 is 23.8 Å². The Labute approximate surface area is 183 Å². The number of rotatable bonds is 5. The predicted octanol–water partition coefficient (Wildman–Crippen LogP) is 4.17. The van der Waals surface area contributed by atoms with E-state index in [1.165, 1.54) is 29.2 Å². The summed E-state index contributed by atoms with van der Waals surface area (Å²) in [7, 11) is 2.22. The molecule has 0 aromatic heterocycles. The molecule has 0 atom stereocenters. The van der Waals surface area contributed by atoms with Gasteiger partial charge in [0.25, 0.3) is 0 Å². The van der Waals surface area contributed by atoms with E-state index in [1.54, 1.807) is 0 Å². The summed E-state index contributed by atoms with van der Waals surface area (Å²) in [6.45, 7) is -0.427. The zero-order valence-corrected chi connectivity index (χ0v) is 17.2.